The molecule has 0 aromatic heterocycles. The quantitative estimate of drug-likeness (QED) is 0.760. The third kappa shape index (κ3) is 5.24. The maximum atomic E-state index is 12.9. The maximum Gasteiger partial charge on any atom is 0.225 e. The molecule has 1 aromatic rings. The van der Waals surface area contributed by atoms with Gasteiger partial charge in [-0.05, 0) is 48.8 Å². The van der Waals surface area contributed by atoms with E-state index < -0.39 is 10.0 Å². The first-order valence-corrected chi connectivity index (χ1v) is 11.7. The van der Waals surface area contributed by atoms with E-state index >= 15 is 0 Å². The van der Waals surface area contributed by atoms with E-state index in [9.17, 15) is 13.2 Å². The second kappa shape index (κ2) is 8.10. The van der Waals surface area contributed by atoms with E-state index in [1.807, 2.05) is 4.90 Å². The van der Waals surface area contributed by atoms with Crippen LogP contribution in [-0.2, 0) is 20.6 Å². The first kappa shape index (κ1) is 20.6. The second-order valence-corrected chi connectivity index (χ2v) is 11.0. The fraction of sp³-hybridized carbons (Fsp3) is 0.650. The largest absolute Gasteiger partial charge is 0.342 e. The van der Waals surface area contributed by atoms with E-state index in [2.05, 4.69) is 13.8 Å². The molecule has 7 heteroatoms. The summed E-state index contributed by atoms with van der Waals surface area (Å²) >= 11 is 5.86. The molecule has 3 rings (SSSR count). The van der Waals surface area contributed by atoms with Crippen molar-refractivity contribution >= 4 is 27.5 Å². The van der Waals surface area contributed by atoms with Crippen LogP contribution in [0, 0.1) is 11.3 Å². The lowest BCUT2D eigenvalue weighted by Gasteiger charge is -2.40. The molecule has 1 amide bonds. The lowest BCUT2D eigenvalue weighted by atomic mass is 9.83. The molecule has 0 atom stereocenters. The number of hydrogen-bond acceptors (Lipinski definition) is 3. The van der Waals surface area contributed by atoms with Crippen molar-refractivity contribution in [2.24, 2.45) is 11.3 Å². The Balaban J connectivity index is 1.56. The van der Waals surface area contributed by atoms with Gasteiger partial charge < -0.3 is 4.90 Å². The van der Waals surface area contributed by atoms with Gasteiger partial charge in [0.2, 0.25) is 15.9 Å². The summed E-state index contributed by atoms with van der Waals surface area (Å²) in [6.07, 6.45) is 3.41. The van der Waals surface area contributed by atoms with Crippen LogP contribution in [-0.4, -0.2) is 49.7 Å². The van der Waals surface area contributed by atoms with Crippen LogP contribution in [0.25, 0.3) is 0 Å². The minimum Gasteiger partial charge on any atom is -0.342 e. The number of amides is 1. The number of piperidine rings is 2. The van der Waals surface area contributed by atoms with Gasteiger partial charge >= 0.3 is 0 Å². The van der Waals surface area contributed by atoms with Crippen molar-refractivity contribution in [1.82, 2.24) is 9.21 Å². The predicted molar refractivity (Wildman–Crippen MR) is 108 cm³/mol. The Bertz CT molecular complexity index is 769. The number of likely N-dealkylation sites (tertiary alicyclic amines) is 1. The number of halogens is 1. The molecule has 150 valence electrons. The van der Waals surface area contributed by atoms with Crippen molar-refractivity contribution in [1.29, 1.82) is 0 Å². The van der Waals surface area contributed by atoms with Crippen molar-refractivity contribution in [2.75, 3.05) is 26.2 Å². The topological polar surface area (TPSA) is 57.7 Å². The molecule has 2 aliphatic heterocycles. The summed E-state index contributed by atoms with van der Waals surface area (Å²) in [6.45, 7) is 6.89. The Morgan fingerprint density at radius 3 is 2.37 bits per heavy atom. The summed E-state index contributed by atoms with van der Waals surface area (Å²) in [4.78, 5) is 14.9. The summed E-state index contributed by atoms with van der Waals surface area (Å²) in [6, 6.07) is 6.90. The molecule has 0 spiro atoms. The molecule has 1 aromatic carbocycles. The van der Waals surface area contributed by atoms with Gasteiger partial charge in [-0.1, -0.05) is 37.6 Å². The smallest absolute Gasteiger partial charge is 0.225 e. The summed E-state index contributed by atoms with van der Waals surface area (Å²) in [5.41, 5.74) is 0.907. The minimum atomic E-state index is -3.38. The van der Waals surface area contributed by atoms with Crippen LogP contribution < -0.4 is 0 Å². The van der Waals surface area contributed by atoms with Gasteiger partial charge in [-0.2, -0.15) is 0 Å². The molecule has 0 unspecified atom stereocenters. The van der Waals surface area contributed by atoms with Gasteiger partial charge in [-0.25, -0.2) is 12.7 Å². The number of rotatable bonds is 4. The van der Waals surface area contributed by atoms with E-state index in [-0.39, 0.29) is 23.0 Å². The highest BCUT2D eigenvalue weighted by molar-refractivity contribution is 7.88. The van der Waals surface area contributed by atoms with Crippen LogP contribution in [0.4, 0.5) is 0 Å². The Labute approximate surface area is 167 Å². The van der Waals surface area contributed by atoms with E-state index in [0.29, 0.717) is 31.0 Å². The SMILES string of the molecule is CC1(C)CCCN(C(=O)C2CCN(S(=O)(=O)Cc3ccc(Cl)cc3)CC2)C1. The first-order valence-electron chi connectivity index (χ1n) is 9.67. The van der Waals surface area contributed by atoms with Gasteiger partial charge in [0.05, 0.1) is 5.75 Å². The summed E-state index contributed by atoms with van der Waals surface area (Å²) < 4.78 is 26.9. The Kier molecular flexibility index (Phi) is 6.18. The molecular formula is C20H29ClN2O3S. The predicted octanol–water partition coefficient (Wildman–Crippen LogP) is 3.53. The van der Waals surface area contributed by atoms with Crippen molar-refractivity contribution in [2.45, 2.75) is 45.3 Å². The monoisotopic (exact) mass is 412 g/mol. The fourth-order valence-corrected chi connectivity index (χ4v) is 5.82. The number of sulfonamides is 1. The number of carbonyl (C=O) groups is 1. The number of nitrogens with zero attached hydrogens (tertiary/aromatic N) is 2. The lowest BCUT2D eigenvalue weighted by molar-refractivity contribution is -0.139. The van der Waals surface area contributed by atoms with Gasteiger partial charge in [0.15, 0.2) is 0 Å². The third-order valence-corrected chi connectivity index (χ3v) is 7.77. The highest BCUT2D eigenvalue weighted by atomic mass is 35.5. The van der Waals surface area contributed by atoms with Crippen molar-refractivity contribution < 1.29 is 13.2 Å². The van der Waals surface area contributed by atoms with Crippen molar-refractivity contribution in [3.8, 4) is 0 Å². The zero-order valence-corrected chi connectivity index (χ0v) is 17.7. The van der Waals surface area contributed by atoms with Crippen LogP contribution in [0.3, 0.4) is 0 Å². The molecule has 27 heavy (non-hydrogen) atoms. The van der Waals surface area contributed by atoms with Gasteiger partial charge in [0, 0.05) is 37.1 Å². The molecule has 2 aliphatic rings. The number of benzene rings is 1. The van der Waals surface area contributed by atoms with Crippen LogP contribution in [0.15, 0.2) is 24.3 Å². The molecule has 2 heterocycles. The number of carbonyl (C=O) groups excluding carboxylic acids is 1. The van der Waals surface area contributed by atoms with Gasteiger partial charge in [0.25, 0.3) is 0 Å². The maximum absolute atomic E-state index is 12.9. The Morgan fingerprint density at radius 2 is 1.78 bits per heavy atom. The molecule has 0 N–H and O–H groups in total. The highest BCUT2D eigenvalue weighted by Crippen LogP contribution is 2.31. The van der Waals surface area contributed by atoms with Crippen LogP contribution in [0.2, 0.25) is 5.02 Å². The van der Waals surface area contributed by atoms with Crippen LogP contribution >= 0.6 is 11.6 Å². The van der Waals surface area contributed by atoms with Crippen LogP contribution in [0.5, 0.6) is 0 Å². The highest BCUT2D eigenvalue weighted by Gasteiger charge is 2.36. The van der Waals surface area contributed by atoms with Crippen LogP contribution in [0.1, 0.15) is 45.1 Å². The normalized spacial score (nSPS) is 22.0. The van der Waals surface area contributed by atoms with Crippen molar-refractivity contribution in [3.05, 3.63) is 34.9 Å². The molecule has 0 radical (unpaired) electrons. The second-order valence-electron chi connectivity index (χ2n) is 8.58. The zero-order chi connectivity index (χ0) is 19.7. The summed E-state index contributed by atoms with van der Waals surface area (Å²) in [5, 5.41) is 0.594. The minimum absolute atomic E-state index is 0.0247. The van der Waals surface area contributed by atoms with Gasteiger partial charge in [0.1, 0.15) is 0 Å². The fourth-order valence-electron chi connectivity index (χ4n) is 4.13. The van der Waals surface area contributed by atoms with E-state index in [1.54, 1.807) is 24.3 Å². The first-order chi connectivity index (χ1) is 12.7. The standard InChI is InChI=1S/C20H29ClN2O3S/c1-20(2)10-3-11-22(15-20)19(24)17-8-12-23(13-9-17)27(25,26)14-16-4-6-18(21)7-5-16/h4-7,17H,3,8-15H2,1-2H3. The average molecular weight is 413 g/mol. The van der Waals surface area contributed by atoms with E-state index in [1.165, 1.54) is 4.31 Å². The third-order valence-electron chi connectivity index (χ3n) is 5.67. The van der Waals surface area contributed by atoms with E-state index in [4.69, 9.17) is 11.6 Å². The Hall–Kier alpha value is -1.11. The molecule has 0 saturated carbocycles. The molecule has 5 nitrogen and oxygen atoms in total. The summed E-state index contributed by atoms with van der Waals surface area (Å²) in [7, 11) is -3.38. The van der Waals surface area contributed by atoms with Gasteiger partial charge in [-0.15, -0.1) is 0 Å². The average Bonchev–Trinajstić information content (AvgIpc) is 2.62. The van der Waals surface area contributed by atoms with Crippen molar-refractivity contribution in [3.63, 3.8) is 0 Å². The van der Waals surface area contributed by atoms with E-state index in [0.717, 1.165) is 31.5 Å². The lowest BCUT2D eigenvalue weighted by Crippen LogP contribution is -2.49. The Morgan fingerprint density at radius 1 is 1.15 bits per heavy atom. The molecule has 0 aliphatic carbocycles. The molecule has 0 bridgehead atoms. The zero-order valence-electron chi connectivity index (χ0n) is 16.2. The molecule has 2 fully saturated rings. The molecule has 2 saturated heterocycles. The number of hydrogen-bond donors (Lipinski definition) is 0. The molecular weight excluding hydrogens is 384 g/mol. The van der Waals surface area contributed by atoms with Gasteiger partial charge in [-0.3, -0.25) is 4.79 Å². The summed E-state index contributed by atoms with van der Waals surface area (Å²) in [5.74, 6) is 0.127.